The third-order valence-corrected chi connectivity index (χ3v) is 11.7. The molecule has 0 radical (unpaired) electrons. The molecular formula is C52H35NS. The molecule has 0 unspecified atom stereocenters. The number of hydrogen-bond donors (Lipinski definition) is 0. The second-order valence-corrected chi connectivity index (χ2v) is 14.7. The summed E-state index contributed by atoms with van der Waals surface area (Å²) in [6, 6.07) is 77.1. The number of anilines is 3. The fourth-order valence-corrected chi connectivity index (χ4v) is 9.17. The molecule has 0 N–H and O–H groups in total. The molecule has 0 saturated carbocycles. The number of fused-ring (bicyclic) bond motifs is 4. The molecule has 54 heavy (non-hydrogen) atoms. The molecule has 0 bridgehead atoms. The first-order valence-corrected chi connectivity index (χ1v) is 19.2. The van der Waals surface area contributed by atoms with Crippen molar-refractivity contribution in [3.05, 3.63) is 212 Å². The van der Waals surface area contributed by atoms with Crippen LogP contribution in [0, 0.1) is 0 Å². The van der Waals surface area contributed by atoms with Crippen molar-refractivity contribution in [1.29, 1.82) is 0 Å². The Morgan fingerprint density at radius 2 is 0.852 bits per heavy atom. The number of thiophene rings is 1. The summed E-state index contributed by atoms with van der Waals surface area (Å²) < 4.78 is 2.62. The minimum Gasteiger partial charge on any atom is -0.309 e. The first-order valence-electron chi connectivity index (χ1n) is 18.4. The molecule has 10 aromatic rings. The van der Waals surface area contributed by atoms with Crippen LogP contribution >= 0.6 is 11.3 Å². The van der Waals surface area contributed by atoms with Gasteiger partial charge in [-0.3, -0.25) is 0 Å². The van der Waals surface area contributed by atoms with Crippen LogP contribution in [-0.4, -0.2) is 0 Å². The largest absolute Gasteiger partial charge is 0.309 e. The van der Waals surface area contributed by atoms with E-state index in [9.17, 15) is 0 Å². The Morgan fingerprint density at radius 3 is 1.70 bits per heavy atom. The zero-order valence-corrected chi connectivity index (χ0v) is 30.4. The van der Waals surface area contributed by atoms with Crippen LogP contribution < -0.4 is 4.90 Å². The lowest BCUT2D eigenvalue weighted by molar-refractivity contribution is 1.28. The highest BCUT2D eigenvalue weighted by Crippen LogP contribution is 2.48. The lowest BCUT2D eigenvalue weighted by Crippen LogP contribution is -2.12. The fourth-order valence-electron chi connectivity index (χ4n) is 7.94. The van der Waals surface area contributed by atoms with Crippen LogP contribution in [0.4, 0.5) is 17.1 Å². The average molecular weight is 706 g/mol. The molecule has 2 heteroatoms. The summed E-state index contributed by atoms with van der Waals surface area (Å²) in [5.74, 6) is 0. The molecule has 0 aliphatic rings. The summed E-state index contributed by atoms with van der Waals surface area (Å²) >= 11 is 1.88. The molecule has 0 aliphatic heterocycles. The smallest absolute Gasteiger partial charge is 0.0540 e. The molecule has 1 nitrogen and oxygen atoms in total. The van der Waals surface area contributed by atoms with E-state index >= 15 is 0 Å². The van der Waals surface area contributed by atoms with Crippen molar-refractivity contribution in [2.45, 2.75) is 0 Å². The van der Waals surface area contributed by atoms with E-state index < -0.39 is 0 Å². The van der Waals surface area contributed by atoms with E-state index in [0.717, 1.165) is 17.1 Å². The monoisotopic (exact) mass is 705 g/mol. The maximum Gasteiger partial charge on any atom is 0.0540 e. The Labute approximate surface area is 319 Å². The molecule has 9 aromatic carbocycles. The molecule has 254 valence electrons. The standard InChI is InChI=1S/C52H35NS/c1-2-15-38(16-3-1)44-22-6-9-28-49(44)53(50-29-10-7-23-45(50)47-26-14-27-48-46-24-8-11-30-51(46)54-52(47)48)41-20-12-19-40(35-41)36-31-33-39(34-32-36)43-25-13-18-37-17-4-5-21-42(37)43/h1-35H. The lowest BCUT2D eigenvalue weighted by Gasteiger charge is -2.30. The first kappa shape index (κ1) is 32.0. The third-order valence-electron chi connectivity index (χ3n) is 10.5. The van der Waals surface area contributed by atoms with Crippen molar-refractivity contribution < 1.29 is 0 Å². The molecule has 0 aliphatic carbocycles. The summed E-state index contributed by atoms with van der Waals surface area (Å²) in [5.41, 5.74) is 13.0. The van der Waals surface area contributed by atoms with Crippen LogP contribution in [0.1, 0.15) is 0 Å². The molecule has 0 spiro atoms. The predicted molar refractivity (Wildman–Crippen MR) is 233 cm³/mol. The topological polar surface area (TPSA) is 3.24 Å². The molecule has 0 saturated heterocycles. The Hall–Kier alpha value is -6.74. The normalized spacial score (nSPS) is 11.3. The fraction of sp³-hybridized carbons (Fsp3) is 0. The van der Waals surface area contributed by atoms with Gasteiger partial charge in [0.25, 0.3) is 0 Å². The van der Waals surface area contributed by atoms with E-state index in [1.54, 1.807) is 0 Å². The minimum atomic E-state index is 1.10. The van der Waals surface area contributed by atoms with Crippen LogP contribution in [0.2, 0.25) is 0 Å². The second-order valence-electron chi connectivity index (χ2n) is 13.7. The molecule has 10 rings (SSSR count). The summed E-state index contributed by atoms with van der Waals surface area (Å²) in [6.07, 6.45) is 0. The van der Waals surface area contributed by atoms with Gasteiger partial charge in [-0.05, 0) is 68.9 Å². The summed E-state index contributed by atoms with van der Waals surface area (Å²) in [4.78, 5) is 2.46. The second kappa shape index (κ2) is 13.7. The quantitative estimate of drug-likeness (QED) is 0.160. The van der Waals surface area contributed by atoms with Crippen molar-refractivity contribution >= 4 is 59.3 Å². The Bertz CT molecular complexity index is 2930. The number of nitrogens with zero attached hydrogens (tertiary/aromatic N) is 1. The van der Waals surface area contributed by atoms with Gasteiger partial charge >= 0.3 is 0 Å². The van der Waals surface area contributed by atoms with Crippen molar-refractivity contribution in [2.24, 2.45) is 0 Å². The van der Waals surface area contributed by atoms with Gasteiger partial charge in [-0.1, -0.05) is 182 Å². The van der Waals surface area contributed by atoms with Gasteiger partial charge in [0.2, 0.25) is 0 Å². The lowest BCUT2D eigenvalue weighted by atomic mass is 9.95. The summed E-state index contributed by atoms with van der Waals surface area (Å²) in [6.45, 7) is 0. The van der Waals surface area contributed by atoms with E-state index in [-0.39, 0.29) is 0 Å². The van der Waals surface area contributed by atoms with Gasteiger partial charge in [-0.15, -0.1) is 11.3 Å². The molecule has 0 fully saturated rings. The maximum absolute atomic E-state index is 2.46. The van der Waals surface area contributed by atoms with E-state index in [1.807, 2.05) is 11.3 Å². The van der Waals surface area contributed by atoms with Gasteiger partial charge in [-0.25, -0.2) is 0 Å². The van der Waals surface area contributed by atoms with Crippen molar-refractivity contribution in [3.63, 3.8) is 0 Å². The summed E-state index contributed by atoms with van der Waals surface area (Å²) in [7, 11) is 0. The average Bonchev–Trinajstić information content (AvgIpc) is 3.64. The number of rotatable bonds is 7. The molecule has 0 atom stereocenters. The van der Waals surface area contributed by atoms with Gasteiger partial charge in [0, 0.05) is 42.6 Å². The van der Waals surface area contributed by atoms with Crippen LogP contribution in [0.15, 0.2) is 212 Å². The minimum absolute atomic E-state index is 1.10. The number of benzene rings is 9. The van der Waals surface area contributed by atoms with Crippen molar-refractivity contribution in [3.8, 4) is 44.5 Å². The Balaban J connectivity index is 1.14. The number of para-hydroxylation sites is 2. The van der Waals surface area contributed by atoms with E-state index in [2.05, 4.69) is 217 Å². The highest BCUT2D eigenvalue weighted by atomic mass is 32.1. The molecule has 1 aromatic heterocycles. The van der Waals surface area contributed by atoms with Crippen LogP contribution in [0.5, 0.6) is 0 Å². The first-order chi connectivity index (χ1) is 26.8. The Kier molecular flexibility index (Phi) is 8.09. The zero-order valence-electron chi connectivity index (χ0n) is 29.6. The summed E-state index contributed by atoms with van der Waals surface area (Å²) in [5, 5.41) is 5.13. The SMILES string of the molecule is c1ccc(-c2ccccc2N(c2cccc(-c3ccc(-c4cccc5ccccc45)cc3)c2)c2ccccc2-c2cccc3c2sc2ccccc23)cc1. The zero-order chi connectivity index (χ0) is 35.8. The van der Waals surface area contributed by atoms with Crippen LogP contribution in [0.25, 0.3) is 75.5 Å². The molecule has 0 amide bonds. The third kappa shape index (κ3) is 5.65. The van der Waals surface area contributed by atoms with Gasteiger partial charge in [0.1, 0.15) is 0 Å². The molecule has 1 heterocycles. The predicted octanol–water partition coefficient (Wildman–Crippen LogP) is 15.3. The molecular weight excluding hydrogens is 671 g/mol. The maximum atomic E-state index is 2.46. The van der Waals surface area contributed by atoms with Gasteiger partial charge < -0.3 is 4.90 Å². The van der Waals surface area contributed by atoms with Gasteiger partial charge in [0.15, 0.2) is 0 Å². The number of hydrogen-bond acceptors (Lipinski definition) is 2. The highest BCUT2D eigenvalue weighted by Gasteiger charge is 2.22. The van der Waals surface area contributed by atoms with E-state index in [0.29, 0.717) is 0 Å². The van der Waals surface area contributed by atoms with E-state index in [1.165, 1.54) is 75.5 Å². The van der Waals surface area contributed by atoms with Gasteiger partial charge in [0.05, 0.1) is 11.4 Å². The van der Waals surface area contributed by atoms with Crippen LogP contribution in [-0.2, 0) is 0 Å². The van der Waals surface area contributed by atoms with Gasteiger partial charge in [-0.2, -0.15) is 0 Å². The van der Waals surface area contributed by atoms with Crippen molar-refractivity contribution in [1.82, 2.24) is 0 Å². The highest BCUT2D eigenvalue weighted by molar-refractivity contribution is 7.26. The Morgan fingerprint density at radius 1 is 0.315 bits per heavy atom. The van der Waals surface area contributed by atoms with Crippen molar-refractivity contribution in [2.75, 3.05) is 4.90 Å². The van der Waals surface area contributed by atoms with E-state index in [4.69, 9.17) is 0 Å². The van der Waals surface area contributed by atoms with Crippen LogP contribution in [0.3, 0.4) is 0 Å².